The smallest absolute Gasteiger partial charge is 0.190 e. The highest BCUT2D eigenvalue weighted by molar-refractivity contribution is 5.04. The zero-order valence-corrected chi connectivity index (χ0v) is 9.99. The molecule has 1 rings (SSSR count). The first kappa shape index (κ1) is 12.7. The van der Waals surface area contributed by atoms with Gasteiger partial charge in [-0.1, -0.05) is 26.2 Å². The normalized spacial score (nSPS) is 29.9. The zero-order chi connectivity index (χ0) is 11.1. The summed E-state index contributed by atoms with van der Waals surface area (Å²) >= 11 is 0. The highest BCUT2D eigenvalue weighted by Gasteiger charge is 2.34. The second-order valence-corrected chi connectivity index (χ2v) is 3.91. The summed E-state index contributed by atoms with van der Waals surface area (Å²) in [5, 5.41) is 0. The Morgan fingerprint density at radius 3 is 2.60 bits per heavy atom. The van der Waals surface area contributed by atoms with Crippen molar-refractivity contribution in [3.05, 3.63) is 12.2 Å². The van der Waals surface area contributed by atoms with Crippen molar-refractivity contribution in [3.63, 3.8) is 0 Å². The van der Waals surface area contributed by atoms with Crippen molar-refractivity contribution >= 4 is 0 Å². The molecule has 0 fully saturated rings. The molecule has 0 aliphatic carbocycles. The van der Waals surface area contributed by atoms with E-state index in [0.717, 1.165) is 12.8 Å². The van der Waals surface area contributed by atoms with E-state index < -0.39 is 5.79 Å². The summed E-state index contributed by atoms with van der Waals surface area (Å²) in [6, 6.07) is 0. The Labute approximate surface area is 92.4 Å². The zero-order valence-electron chi connectivity index (χ0n) is 9.99. The van der Waals surface area contributed by atoms with E-state index in [-0.39, 0.29) is 6.29 Å². The molecule has 2 unspecified atom stereocenters. The largest absolute Gasteiger partial charge is 0.352 e. The van der Waals surface area contributed by atoms with Gasteiger partial charge in [0.1, 0.15) is 0 Å². The summed E-state index contributed by atoms with van der Waals surface area (Å²) < 4.78 is 16.2. The van der Waals surface area contributed by atoms with Gasteiger partial charge in [0.2, 0.25) is 0 Å². The average molecular weight is 214 g/mol. The van der Waals surface area contributed by atoms with Gasteiger partial charge in [-0.2, -0.15) is 0 Å². The van der Waals surface area contributed by atoms with E-state index in [1.807, 2.05) is 12.2 Å². The maximum atomic E-state index is 5.67. The van der Waals surface area contributed by atoms with Gasteiger partial charge in [0.25, 0.3) is 0 Å². The summed E-state index contributed by atoms with van der Waals surface area (Å²) in [6.07, 6.45) is 9.40. The predicted octanol–water partition coefficient (Wildman–Crippen LogP) is 2.86. The molecule has 15 heavy (non-hydrogen) atoms. The third-order valence-corrected chi connectivity index (χ3v) is 2.78. The second kappa shape index (κ2) is 6.26. The van der Waals surface area contributed by atoms with Crippen LogP contribution in [0.4, 0.5) is 0 Å². The van der Waals surface area contributed by atoms with Gasteiger partial charge in [0.15, 0.2) is 12.1 Å². The van der Waals surface area contributed by atoms with E-state index in [1.165, 1.54) is 19.3 Å². The van der Waals surface area contributed by atoms with Gasteiger partial charge in [-0.3, -0.25) is 0 Å². The van der Waals surface area contributed by atoms with Gasteiger partial charge in [0.05, 0.1) is 0 Å². The van der Waals surface area contributed by atoms with Crippen LogP contribution in [-0.4, -0.2) is 26.3 Å². The minimum atomic E-state index is -0.547. The molecule has 0 aromatic rings. The van der Waals surface area contributed by atoms with Crippen LogP contribution in [0.3, 0.4) is 0 Å². The molecule has 1 heterocycles. The van der Waals surface area contributed by atoms with Gasteiger partial charge in [0, 0.05) is 20.6 Å². The Kier molecular flexibility index (Phi) is 5.29. The van der Waals surface area contributed by atoms with Crippen molar-refractivity contribution in [1.29, 1.82) is 0 Å². The van der Waals surface area contributed by atoms with E-state index >= 15 is 0 Å². The molecule has 0 saturated carbocycles. The Bertz CT molecular complexity index is 203. The molecule has 1 aliphatic rings. The summed E-state index contributed by atoms with van der Waals surface area (Å²) in [4.78, 5) is 0. The first-order valence-corrected chi connectivity index (χ1v) is 5.71. The topological polar surface area (TPSA) is 27.7 Å². The molecule has 3 heteroatoms. The van der Waals surface area contributed by atoms with Crippen molar-refractivity contribution < 1.29 is 14.2 Å². The van der Waals surface area contributed by atoms with Gasteiger partial charge in [-0.05, 0) is 18.6 Å². The third-order valence-electron chi connectivity index (χ3n) is 2.78. The lowest BCUT2D eigenvalue weighted by molar-refractivity contribution is -0.245. The van der Waals surface area contributed by atoms with Crippen LogP contribution >= 0.6 is 0 Å². The Balaban J connectivity index is 2.32. The Hall–Kier alpha value is -0.380. The van der Waals surface area contributed by atoms with Crippen molar-refractivity contribution in [1.82, 2.24) is 0 Å². The fraction of sp³-hybridized carbons (Fsp3) is 0.833. The molecule has 88 valence electrons. The number of rotatable bonds is 7. The van der Waals surface area contributed by atoms with Crippen LogP contribution in [0.2, 0.25) is 0 Å². The van der Waals surface area contributed by atoms with Gasteiger partial charge < -0.3 is 14.2 Å². The number of methoxy groups -OCH3 is 2. The first-order valence-electron chi connectivity index (χ1n) is 5.71. The van der Waals surface area contributed by atoms with Crippen LogP contribution in [0, 0.1) is 0 Å². The minimum absolute atomic E-state index is 0.254. The summed E-state index contributed by atoms with van der Waals surface area (Å²) in [7, 11) is 3.32. The van der Waals surface area contributed by atoms with Crippen molar-refractivity contribution in [3.8, 4) is 0 Å². The van der Waals surface area contributed by atoms with Crippen LogP contribution in [0.15, 0.2) is 12.2 Å². The van der Waals surface area contributed by atoms with E-state index in [2.05, 4.69) is 6.92 Å². The van der Waals surface area contributed by atoms with Crippen LogP contribution in [-0.2, 0) is 14.2 Å². The highest BCUT2D eigenvalue weighted by atomic mass is 16.8. The predicted molar refractivity (Wildman–Crippen MR) is 59.5 cm³/mol. The first-order chi connectivity index (χ1) is 7.26. The molecule has 0 spiro atoms. The lowest BCUT2D eigenvalue weighted by atomic mass is 10.1. The molecule has 3 nitrogen and oxygen atoms in total. The van der Waals surface area contributed by atoms with Crippen LogP contribution in [0.1, 0.15) is 39.0 Å². The second-order valence-electron chi connectivity index (χ2n) is 3.91. The summed E-state index contributed by atoms with van der Waals surface area (Å²) in [5.41, 5.74) is 0. The molecule has 0 bridgehead atoms. The number of unbranched alkanes of at least 4 members (excludes halogenated alkanes) is 3. The molecule has 0 radical (unpaired) electrons. The molecule has 2 atom stereocenters. The Morgan fingerprint density at radius 2 is 2.07 bits per heavy atom. The van der Waals surface area contributed by atoms with E-state index in [4.69, 9.17) is 14.2 Å². The minimum Gasteiger partial charge on any atom is -0.352 e. The molecule has 0 saturated heterocycles. The molecule has 0 aromatic heterocycles. The third kappa shape index (κ3) is 3.59. The van der Waals surface area contributed by atoms with Crippen molar-refractivity contribution in [2.24, 2.45) is 0 Å². The fourth-order valence-corrected chi connectivity index (χ4v) is 1.79. The summed E-state index contributed by atoms with van der Waals surface area (Å²) in [5.74, 6) is -0.547. The van der Waals surface area contributed by atoms with Gasteiger partial charge in [-0.15, -0.1) is 0 Å². The monoisotopic (exact) mass is 214 g/mol. The maximum absolute atomic E-state index is 5.67. The lowest BCUT2D eigenvalue weighted by Crippen LogP contribution is -2.32. The molecule has 1 aliphatic heterocycles. The van der Waals surface area contributed by atoms with Crippen LogP contribution in [0.5, 0.6) is 0 Å². The lowest BCUT2D eigenvalue weighted by Gasteiger charge is -2.26. The van der Waals surface area contributed by atoms with Crippen LogP contribution in [0.25, 0.3) is 0 Å². The van der Waals surface area contributed by atoms with Crippen molar-refractivity contribution in [2.45, 2.75) is 51.1 Å². The van der Waals surface area contributed by atoms with E-state index in [0.29, 0.717) is 0 Å². The highest BCUT2D eigenvalue weighted by Crippen LogP contribution is 2.30. The standard InChI is InChI=1S/C12H22O3/c1-4-5-6-7-9-12(14-3)10-8-11(13-2)15-12/h8,10-11H,4-7,9H2,1-3H3. The van der Waals surface area contributed by atoms with Crippen molar-refractivity contribution in [2.75, 3.05) is 14.2 Å². The fourth-order valence-electron chi connectivity index (χ4n) is 1.79. The van der Waals surface area contributed by atoms with Gasteiger partial charge >= 0.3 is 0 Å². The molecule has 0 N–H and O–H groups in total. The Morgan fingerprint density at radius 1 is 1.27 bits per heavy atom. The number of ether oxygens (including phenoxy) is 3. The SMILES string of the molecule is CCCCCCC1(OC)C=CC(OC)O1. The molecular formula is C12H22O3. The van der Waals surface area contributed by atoms with Crippen LogP contribution < -0.4 is 0 Å². The quantitative estimate of drug-likeness (QED) is 0.482. The molecule has 0 aromatic carbocycles. The number of hydrogen-bond donors (Lipinski definition) is 0. The van der Waals surface area contributed by atoms with E-state index in [1.54, 1.807) is 14.2 Å². The summed E-state index contributed by atoms with van der Waals surface area (Å²) in [6.45, 7) is 2.21. The average Bonchev–Trinajstić information content (AvgIpc) is 2.69. The maximum Gasteiger partial charge on any atom is 0.190 e. The number of hydrogen-bond acceptors (Lipinski definition) is 3. The van der Waals surface area contributed by atoms with Gasteiger partial charge in [-0.25, -0.2) is 0 Å². The molecule has 0 amide bonds. The van der Waals surface area contributed by atoms with E-state index in [9.17, 15) is 0 Å². The molecular weight excluding hydrogens is 192 g/mol.